The minimum Gasteiger partial charge on any atom is -0.359 e. The van der Waals surface area contributed by atoms with Crippen molar-refractivity contribution in [3.8, 4) is 0 Å². The van der Waals surface area contributed by atoms with Crippen molar-refractivity contribution in [2.45, 2.75) is 13.0 Å². The standard InChI is InChI=1S/C20H20N4S/c25-20(23-13-15-5-2-1-3-6-15)24-11-8-16(9-12-24)17-14-22-18-7-4-10-21-19(17)18/h1-8,10,14,22H,9,11-13H2,(H,23,25). The molecule has 2 N–H and O–H groups in total. The molecule has 3 heterocycles. The summed E-state index contributed by atoms with van der Waals surface area (Å²) in [7, 11) is 0. The number of nitrogens with one attached hydrogen (secondary N) is 2. The van der Waals surface area contributed by atoms with Gasteiger partial charge in [-0.1, -0.05) is 36.4 Å². The Labute approximate surface area is 152 Å². The van der Waals surface area contributed by atoms with E-state index in [4.69, 9.17) is 12.2 Å². The molecule has 0 atom stereocenters. The number of nitrogens with zero attached hydrogens (tertiary/aromatic N) is 2. The molecule has 126 valence electrons. The molecule has 0 amide bonds. The number of thiocarbonyl (C=S) groups is 1. The highest BCUT2D eigenvalue weighted by Crippen LogP contribution is 2.27. The number of fused-ring (bicyclic) bond motifs is 1. The van der Waals surface area contributed by atoms with Gasteiger partial charge in [-0.25, -0.2) is 0 Å². The fourth-order valence-electron chi connectivity index (χ4n) is 3.18. The third kappa shape index (κ3) is 3.42. The minimum atomic E-state index is 0.763. The number of H-pyrrole nitrogens is 1. The van der Waals surface area contributed by atoms with Crippen LogP contribution in [0.2, 0.25) is 0 Å². The van der Waals surface area contributed by atoms with Crippen molar-refractivity contribution in [2.75, 3.05) is 13.1 Å². The van der Waals surface area contributed by atoms with Crippen LogP contribution in [0.3, 0.4) is 0 Å². The zero-order valence-corrected chi connectivity index (χ0v) is 14.7. The molecule has 0 saturated carbocycles. The largest absolute Gasteiger partial charge is 0.359 e. The summed E-state index contributed by atoms with van der Waals surface area (Å²) in [6, 6.07) is 14.3. The van der Waals surface area contributed by atoms with E-state index in [1.54, 1.807) is 0 Å². The predicted octanol–water partition coefficient (Wildman–Crippen LogP) is 3.73. The van der Waals surface area contributed by atoms with Gasteiger partial charge in [-0.3, -0.25) is 4.98 Å². The summed E-state index contributed by atoms with van der Waals surface area (Å²) in [4.78, 5) is 10.0. The number of benzene rings is 1. The molecule has 0 radical (unpaired) electrons. The lowest BCUT2D eigenvalue weighted by atomic mass is 10.0. The van der Waals surface area contributed by atoms with Gasteiger partial charge in [-0.2, -0.15) is 0 Å². The maximum atomic E-state index is 5.56. The molecule has 4 nitrogen and oxygen atoms in total. The van der Waals surface area contributed by atoms with Gasteiger partial charge in [0.05, 0.1) is 11.0 Å². The fraction of sp³-hybridized carbons (Fsp3) is 0.200. The van der Waals surface area contributed by atoms with Crippen LogP contribution in [0, 0.1) is 0 Å². The highest BCUT2D eigenvalue weighted by Gasteiger charge is 2.17. The first-order valence-electron chi connectivity index (χ1n) is 8.49. The van der Waals surface area contributed by atoms with E-state index in [0.717, 1.165) is 42.2 Å². The van der Waals surface area contributed by atoms with E-state index in [1.807, 2.05) is 30.5 Å². The summed E-state index contributed by atoms with van der Waals surface area (Å²) in [6.07, 6.45) is 7.14. The summed E-state index contributed by atoms with van der Waals surface area (Å²) >= 11 is 5.56. The zero-order valence-electron chi connectivity index (χ0n) is 13.9. The molecule has 0 saturated heterocycles. The fourth-order valence-corrected chi connectivity index (χ4v) is 3.42. The van der Waals surface area contributed by atoms with E-state index in [2.05, 4.69) is 50.7 Å². The molecule has 5 heteroatoms. The van der Waals surface area contributed by atoms with Gasteiger partial charge in [0.25, 0.3) is 0 Å². The van der Waals surface area contributed by atoms with Gasteiger partial charge in [0.15, 0.2) is 5.11 Å². The number of hydrogen-bond donors (Lipinski definition) is 2. The second-order valence-corrected chi connectivity index (χ2v) is 6.56. The van der Waals surface area contributed by atoms with Crippen LogP contribution in [0.4, 0.5) is 0 Å². The highest BCUT2D eigenvalue weighted by atomic mass is 32.1. The van der Waals surface area contributed by atoms with E-state index in [-0.39, 0.29) is 0 Å². The van der Waals surface area contributed by atoms with Gasteiger partial charge in [0, 0.05) is 37.6 Å². The Morgan fingerprint density at radius 3 is 2.88 bits per heavy atom. The first-order valence-corrected chi connectivity index (χ1v) is 8.90. The zero-order chi connectivity index (χ0) is 17.1. The summed E-state index contributed by atoms with van der Waals surface area (Å²) in [5.74, 6) is 0. The van der Waals surface area contributed by atoms with Crippen molar-refractivity contribution in [3.63, 3.8) is 0 Å². The molecule has 0 bridgehead atoms. The summed E-state index contributed by atoms with van der Waals surface area (Å²) in [5, 5.41) is 4.17. The molecule has 1 aliphatic heterocycles. The third-order valence-corrected chi connectivity index (χ3v) is 4.97. The topological polar surface area (TPSA) is 44.0 Å². The average molecular weight is 348 g/mol. The van der Waals surface area contributed by atoms with Gasteiger partial charge >= 0.3 is 0 Å². The predicted molar refractivity (Wildman–Crippen MR) is 106 cm³/mol. The van der Waals surface area contributed by atoms with Crippen LogP contribution in [0.15, 0.2) is 60.9 Å². The Balaban J connectivity index is 1.41. The molecule has 1 aromatic carbocycles. The van der Waals surface area contributed by atoms with E-state index < -0.39 is 0 Å². The van der Waals surface area contributed by atoms with Gasteiger partial charge in [-0.05, 0) is 41.9 Å². The van der Waals surface area contributed by atoms with Crippen LogP contribution in [0.5, 0.6) is 0 Å². The van der Waals surface area contributed by atoms with Crippen LogP contribution in [-0.2, 0) is 6.54 Å². The second kappa shape index (κ2) is 7.07. The van der Waals surface area contributed by atoms with Crippen molar-refractivity contribution in [1.82, 2.24) is 20.2 Å². The van der Waals surface area contributed by atoms with Crippen LogP contribution < -0.4 is 5.32 Å². The summed E-state index contributed by atoms with van der Waals surface area (Å²) < 4.78 is 0. The van der Waals surface area contributed by atoms with Crippen LogP contribution in [-0.4, -0.2) is 33.1 Å². The van der Waals surface area contributed by atoms with Gasteiger partial charge in [0.2, 0.25) is 0 Å². The molecule has 3 aromatic rings. The molecule has 0 aliphatic carbocycles. The Kier molecular flexibility index (Phi) is 4.48. The smallest absolute Gasteiger partial charge is 0.169 e. The SMILES string of the molecule is S=C(NCc1ccccc1)N1CC=C(c2c[nH]c3cccnc23)CC1. The van der Waals surface area contributed by atoms with Crippen LogP contribution in [0.1, 0.15) is 17.5 Å². The molecule has 0 unspecified atom stereocenters. The first-order chi connectivity index (χ1) is 12.3. The quantitative estimate of drug-likeness (QED) is 0.708. The lowest BCUT2D eigenvalue weighted by Crippen LogP contribution is -2.41. The van der Waals surface area contributed by atoms with Crippen molar-refractivity contribution in [1.29, 1.82) is 0 Å². The maximum Gasteiger partial charge on any atom is 0.169 e. The molecule has 0 spiro atoms. The van der Waals surface area contributed by atoms with Crippen molar-refractivity contribution in [2.24, 2.45) is 0 Å². The Hall–Kier alpha value is -2.66. The molecule has 2 aromatic heterocycles. The third-order valence-electron chi connectivity index (χ3n) is 4.56. The van der Waals surface area contributed by atoms with E-state index in [1.165, 1.54) is 16.7 Å². The Morgan fingerprint density at radius 1 is 1.20 bits per heavy atom. The molecular weight excluding hydrogens is 328 g/mol. The molecule has 1 aliphatic rings. The number of aromatic nitrogens is 2. The second-order valence-electron chi connectivity index (χ2n) is 6.17. The van der Waals surface area contributed by atoms with Gasteiger partial charge in [-0.15, -0.1) is 0 Å². The number of pyridine rings is 1. The first kappa shape index (κ1) is 15.8. The maximum absolute atomic E-state index is 5.56. The van der Waals surface area contributed by atoms with E-state index >= 15 is 0 Å². The average Bonchev–Trinajstić information content (AvgIpc) is 3.11. The number of aromatic amines is 1. The minimum absolute atomic E-state index is 0.763. The summed E-state index contributed by atoms with van der Waals surface area (Å²) in [5.41, 5.74) is 5.92. The van der Waals surface area contributed by atoms with Crippen LogP contribution >= 0.6 is 12.2 Å². The van der Waals surface area contributed by atoms with Crippen molar-refractivity contribution in [3.05, 3.63) is 72.1 Å². The van der Waals surface area contributed by atoms with Gasteiger partial charge < -0.3 is 15.2 Å². The Morgan fingerprint density at radius 2 is 2.08 bits per heavy atom. The summed E-state index contributed by atoms with van der Waals surface area (Å²) in [6.45, 7) is 2.51. The lowest BCUT2D eigenvalue weighted by molar-refractivity contribution is 0.450. The molecule has 25 heavy (non-hydrogen) atoms. The molecular formula is C20H20N4S. The van der Waals surface area contributed by atoms with Crippen molar-refractivity contribution >= 4 is 33.9 Å². The lowest BCUT2D eigenvalue weighted by Gasteiger charge is -2.29. The molecule has 4 rings (SSSR count). The van der Waals surface area contributed by atoms with Crippen LogP contribution in [0.25, 0.3) is 16.6 Å². The number of hydrogen-bond acceptors (Lipinski definition) is 2. The number of rotatable bonds is 3. The van der Waals surface area contributed by atoms with Gasteiger partial charge in [0.1, 0.15) is 0 Å². The normalized spacial score (nSPS) is 14.4. The molecule has 0 fully saturated rings. The van der Waals surface area contributed by atoms with Crippen molar-refractivity contribution < 1.29 is 0 Å². The Bertz CT molecular complexity index is 914. The van der Waals surface area contributed by atoms with E-state index in [0.29, 0.717) is 0 Å². The van der Waals surface area contributed by atoms with E-state index in [9.17, 15) is 0 Å². The highest BCUT2D eigenvalue weighted by molar-refractivity contribution is 7.80. The monoisotopic (exact) mass is 348 g/mol.